The number of aryl methyl sites for hydroxylation is 1. The zero-order valence-electron chi connectivity index (χ0n) is 15.8. The van der Waals surface area contributed by atoms with Gasteiger partial charge in [0.25, 0.3) is 11.5 Å². The van der Waals surface area contributed by atoms with Crippen LogP contribution < -0.4 is 16.6 Å². The van der Waals surface area contributed by atoms with Crippen molar-refractivity contribution in [1.82, 2.24) is 9.78 Å². The van der Waals surface area contributed by atoms with Gasteiger partial charge in [-0.15, -0.1) is 11.3 Å². The molecule has 2 aromatic heterocycles. The molecule has 148 valence electrons. The summed E-state index contributed by atoms with van der Waals surface area (Å²) in [5.41, 5.74) is 6.19. The van der Waals surface area contributed by atoms with Crippen molar-refractivity contribution in [3.8, 4) is 17.8 Å². The van der Waals surface area contributed by atoms with Gasteiger partial charge in [-0.3, -0.25) is 9.59 Å². The summed E-state index contributed by atoms with van der Waals surface area (Å²) in [6.07, 6.45) is 3.74. The Morgan fingerprint density at radius 2 is 1.83 bits per heavy atom. The van der Waals surface area contributed by atoms with E-state index >= 15 is 0 Å². The van der Waals surface area contributed by atoms with E-state index in [9.17, 15) is 20.1 Å². The molecule has 0 bridgehead atoms. The van der Waals surface area contributed by atoms with Crippen molar-refractivity contribution in [2.45, 2.75) is 25.7 Å². The summed E-state index contributed by atoms with van der Waals surface area (Å²) in [5.74, 6) is -0.677. The molecule has 1 aromatic carbocycles. The molecule has 1 aliphatic rings. The fraction of sp³-hybridized carbons (Fsp3) is 0.190. The largest absolute Gasteiger partial charge is 0.396 e. The summed E-state index contributed by atoms with van der Waals surface area (Å²) in [6.45, 7) is 0. The summed E-state index contributed by atoms with van der Waals surface area (Å²) in [4.78, 5) is 26.7. The monoisotopic (exact) mass is 416 g/mol. The molecule has 0 saturated heterocycles. The number of aromatic nitrogens is 2. The molecule has 0 fully saturated rings. The second kappa shape index (κ2) is 7.82. The van der Waals surface area contributed by atoms with E-state index in [0.29, 0.717) is 16.3 Å². The number of thiophene rings is 1. The van der Waals surface area contributed by atoms with Gasteiger partial charge in [0.15, 0.2) is 5.69 Å². The standard InChI is InChI=1S/C21H16N6O2S/c22-10-14-13-8-4-5-9-16(13)30-20(14)25-19(28)18-17(24)15(11-23)21(29)27(26-18)12-6-2-1-3-7-12/h1-3,6-7H,4-5,8-9,24H2,(H,25,28). The Morgan fingerprint density at radius 3 is 2.53 bits per heavy atom. The van der Waals surface area contributed by atoms with Gasteiger partial charge in [0.05, 0.1) is 16.9 Å². The van der Waals surface area contributed by atoms with Crippen LogP contribution in [0.1, 0.15) is 44.9 Å². The minimum Gasteiger partial charge on any atom is -0.396 e. The Labute approximate surface area is 175 Å². The van der Waals surface area contributed by atoms with Crippen LogP contribution in [-0.2, 0) is 12.8 Å². The summed E-state index contributed by atoms with van der Waals surface area (Å²) in [7, 11) is 0. The van der Waals surface area contributed by atoms with Gasteiger partial charge in [0, 0.05) is 4.88 Å². The van der Waals surface area contributed by atoms with Crippen LogP contribution in [0.3, 0.4) is 0 Å². The topological polar surface area (TPSA) is 138 Å². The first-order valence-electron chi connectivity index (χ1n) is 9.29. The SMILES string of the molecule is N#Cc1c(NC(=O)c2nn(-c3ccccc3)c(=O)c(C#N)c2N)sc2c1CCCC2. The first-order chi connectivity index (χ1) is 14.5. The number of hydrogen-bond donors (Lipinski definition) is 2. The highest BCUT2D eigenvalue weighted by molar-refractivity contribution is 7.16. The quantitative estimate of drug-likeness (QED) is 0.673. The van der Waals surface area contributed by atoms with Crippen molar-refractivity contribution < 1.29 is 4.79 Å². The molecule has 4 rings (SSSR count). The number of hydrogen-bond acceptors (Lipinski definition) is 7. The molecular formula is C21H16N6O2S. The summed E-state index contributed by atoms with van der Waals surface area (Å²) in [6, 6.07) is 12.4. The Bertz CT molecular complexity index is 1290. The van der Waals surface area contributed by atoms with Crippen LogP contribution in [0.4, 0.5) is 10.7 Å². The van der Waals surface area contributed by atoms with Gasteiger partial charge in [-0.2, -0.15) is 20.3 Å². The summed E-state index contributed by atoms with van der Waals surface area (Å²) >= 11 is 1.37. The number of carbonyl (C=O) groups excluding carboxylic acids is 1. The van der Waals surface area contributed by atoms with Crippen molar-refractivity contribution in [2.24, 2.45) is 0 Å². The smallest absolute Gasteiger partial charge is 0.291 e. The maximum Gasteiger partial charge on any atom is 0.291 e. The average molecular weight is 416 g/mol. The third kappa shape index (κ3) is 3.21. The number of nitrogen functional groups attached to an aromatic ring is 1. The minimum absolute atomic E-state index is 0.245. The fourth-order valence-corrected chi connectivity index (χ4v) is 4.73. The maximum atomic E-state index is 13.0. The Balaban J connectivity index is 1.79. The van der Waals surface area contributed by atoms with E-state index in [-0.39, 0.29) is 16.9 Å². The first kappa shape index (κ1) is 19.4. The number of rotatable bonds is 3. The normalized spacial score (nSPS) is 12.5. The van der Waals surface area contributed by atoms with Crippen molar-refractivity contribution in [1.29, 1.82) is 10.5 Å². The van der Waals surface area contributed by atoms with E-state index in [2.05, 4.69) is 16.5 Å². The highest BCUT2D eigenvalue weighted by Gasteiger charge is 2.25. The lowest BCUT2D eigenvalue weighted by atomic mass is 9.96. The molecular weight excluding hydrogens is 400 g/mol. The van der Waals surface area contributed by atoms with Crippen LogP contribution in [0, 0.1) is 22.7 Å². The highest BCUT2D eigenvalue weighted by atomic mass is 32.1. The van der Waals surface area contributed by atoms with Gasteiger partial charge >= 0.3 is 0 Å². The first-order valence-corrected chi connectivity index (χ1v) is 10.1. The molecule has 3 N–H and O–H groups in total. The molecule has 30 heavy (non-hydrogen) atoms. The van der Waals surface area contributed by atoms with Crippen molar-refractivity contribution in [3.63, 3.8) is 0 Å². The van der Waals surface area contributed by atoms with Gasteiger partial charge in [0.2, 0.25) is 0 Å². The minimum atomic E-state index is -0.706. The number of nitrogens with one attached hydrogen (secondary N) is 1. The fourth-order valence-electron chi connectivity index (χ4n) is 3.49. The van der Waals surface area contributed by atoms with E-state index in [1.165, 1.54) is 11.3 Å². The summed E-state index contributed by atoms with van der Waals surface area (Å²) in [5, 5.41) is 26.3. The second-order valence-electron chi connectivity index (χ2n) is 6.78. The Morgan fingerprint density at radius 1 is 1.13 bits per heavy atom. The van der Waals surface area contributed by atoms with Crippen LogP contribution in [0.25, 0.3) is 5.69 Å². The number of anilines is 2. The molecule has 2 heterocycles. The van der Waals surface area contributed by atoms with E-state index in [4.69, 9.17) is 5.73 Å². The van der Waals surface area contributed by atoms with Gasteiger partial charge in [0.1, 0.15) is 22.7 Å². The van der Waals surface area contributed by atoms with E-state index < -0.39 is 11.5 Å². The molecule has 1 amide bonds. The van der Waals surface area contributed by atoms with Gasteiger partial charge in [-0.1, -0.05) is 18.2 Å². The van der Waals surface area contributed by atoms with Gasteiger partial charge in [-0.25, -0.2) is 0 Å². The number of fused-ring (bicyclic) bond motifs is 1. The molecule has 0 radical (unpaired) electrons. The number of carbonyl (C=O) groups is 1. The van der Waals surface area contributed by atoms with Crippen molar-refractivity contribution >= 4 is 27.9 Å². The molecule has 8 nitrogen and oxygen atoms in total. The predicted molar refractivity (Wildman–Crippen MR) is 113 cm³/mol. The molecule has 9 heteroatoms. The molecule has 0 atom stereocenters. The number of nitrogens with zero attached hydrogens (tertiary/aromatic N) is 4. The Kier molecular flexibility index (Phi) is 5.05. The van der Waals surface area contributed by atoms with Crippen molar-refractivity contribution in [2.75, 3.05) is 11.1 Å². The number of amides is 1. The molecule has 1 aliphatic carbocycles. The van der Waals surface area contributed by atoms with Gasteiger partial charge < -0.3 is 11.1 Å². The molecule has 3 aromatic rings. The number of para-hydroxylation sites is 1. The number of nitriles is 2. The third-order valence-electron chi connectivity index (χ3n) is 4.97. The maximum absolute atomic E-state index is 13.0. The highest BCUT2D eigenvalue weighted by Crippen LogP contribution is 2.37. The molecule has 0 saturated carbocycles. The van der Waals surface area contributed by atoms with Crippen LogP contribution in [-0.4, -0.2) is 15.7 Å². The zero-order valence-corrected chi connectivity index (χ0v) is 16.6. The zero-order chi connectivity index (χ0) is 21.3. The molecule has 0 aliphatic heterocycles. The van der Waals surface area contributed by atoms with Gasteiger partial charge in [-0.05, 0) is 43.4 Å². The Hall–Kier alpha value is -3.95. The average Bonchev–Trinajstić information content (AvgIpc) is 3.11. The van der Waals surface area contributed by atoms with Crippen molar-refractivity contribution in [3.05, 3.63) is 67.9 Å². The van der Waals surface area contributed by atoms with E-state index in [1.807, 2.05) is 0 Å². The van der Waals surface area contributed by atoms with Crippen LogP contribution in [0.5, 0.6) is 0 Å². The second-order valence-corrected chi connectivity index (χ2v) is 7.89. The van der Waals surface area contributed by atoms with Crippen LogP contribution >= 0.6 is 11.3 Å². The van der Waals surface area contributed by atoms with Crippen LogP contribution in [0.2, 0.25) is 0 Å². The third-order valence-corrected chi connectivity index (χ3v) is 6.18. The summed E-state index contributed by atoms with van der Waals surface area (Å²) < 4.78 is 0.981. The van der Waals surface area contributed by atoms with E-state index in [0.717, 1.165) is 40.8 Å². The predicted octanol–water partition coefficient (Wildman–Crippen LogP) is 2.75. The van der Waals surface area contributed by atoms with Crippen LogP contribution in [0.15, 0.2) is 35.1 Å². The lowest BCUT2D eigenvalue weighted by Gasteiger charge is -2.11. The van der Waals surface area contributed by atoms with E-state index in [1.54, 1.807) is 36.4 Å². The molecule has 0 unspecified atom stereocenters. The lowest BCUT2D eigenvalue weighted by molar-refractivity contribution is 0.102. The number of benzene rings is 1. The lowest BCUT2D eigenvalue weighted by Crippen LogP contribution is -2.30. The molecule has 0 spiro atoms. The number of nitrogens with two attached hydrogens (primary N) is 1.